The molecule has 1 fully saturated rings. The van der Waals surface area contributed by atoms with Crippen molar-refractivity contribution in [3.63, 3.8) is 0 Å². The lowest BCUT2D eigenvalue weighted by Crippen LogP contribution is -2.39. The Morgan fingerprint density at radius 1 is 1.69 bits per heavy atom. The smallest absolute Gasteiger partial charge is 0.404 e. The molecule has 1 saturated heterocycles. The zero-order valence-corrected chi connectivity index (χ0v) is 9.14. The molecule has 0 aromatic heterocycles. The van der Waals surface area contributed by atoms with Crippen molar-refractivity contribution in [3.8, 4) is 0 Å². The largest absolute Gasteiger partial charge is 0.465 e. The fourth-order valence-corrected chi connectivity index (χ4v) is 1.81. The van der Waals surface area contributed by atoms with Crippen LogP contribution in [0, 0.1) is 6.92 Å². The second-order valence-electron chi connectivity index (χ2n) is 4.12. The highest BCUT2D eigenvalue weighted by molar-refractivity contribution is 5.65. The van der Waals surface area contributed by atoms with Crippen molar-refractivity contribution < 1.29 is 14.6 Å². The third-order valence-electron chi connectivity index (χ3n) is 2.65. The normalized spacial score (nSPS) is 20.2. The minimum absolute atomic E-state index is 0.0385. The number of nitrogens with one attached hydrogen (secondary N) is 1. The Hall–Kier alpha value is -1.55. The van der Waals surface area contributed by atoms with Crippen LogP contribution in [0.5, 0.6) is 0 Å². The molecule has 4 heteroatoms. The van der Waals surface area contributed by atoms with Gasteiger partial charge in [0.05, 0.1) is 12.6 Å². The summed E-state index contributed by atoms with van der Waals surface area (Å²) in [5.74, 6) is 0. The van der Waals surface area contributed by atoms with E-state index in [1.54, 1.807) is 0 Å². The quantitative estimate of drug-likeness (QED) is 0.759. The van der Waals surface area contributed by atoms with Gasteiger partial charge in [-0.05, 0) is 18.9 Å². The average molecular weight is 221 g/mol. The Balaban J connectivity index is 2.02. The molecule has 0 aliphatic carbocycles. The summed E-state index contributed by atoms with van der Waals surface area (Å²) >= 11 is 0. The summed E-state index contributed by atoms with van der Waals surface area (Å²) in [6.45, 7) is 2.67. The molecule has 2 N–H and O–H groups in total. The van der Waals surface area contributed by atoms with Gasteiger partial charge in [0.1, 0.15) is 6.10 Å². The molecule has 2 atom stereocenters. The van der Waals surface area contributed by atoms with E-state index in [9.17, 15) is 4.79 Å². The SMILES string of the molecule is Cc1cccc(C[C@H](NC(=O)O)[C@H]2CO2)c1. The van der Waals surface area contributed by atoms with E-state index in [0.29, 0.717) is 13.0 Å². The maximum atomic E-state index is 10.6. The van der Waals surface area contributed by atoms with Crippen LogP contribution in [-0.2, 0) is 11.2 Å². The van der Waals surface area contributed by atoms with Gasteiger partial charge in [0, 0.05) is 0 Å². The number of hydrogen-bond acceptors (Lipinski definition) is 2. The molecule has 0 radical (unpaired) electrons. The number of benzene rings is 1. The first kappa shape index (κ1) is 11.0. The molecule has 1 aromatic carbocycles. The number of carbonyl (C=O) groups is 1. The van der Waals surface area contributed by atoms with Crippen molar-refractivity contribution in [2.75, 3.05) is 6.61 Å². The van der Waals surface area contributed by atoms with Gasteiger partial charge in [0.25, 0.3) is 0 Å². The number of carboxylic acid groups (broad SMARTS) is 1. The van der Waals surface area contributed by atoms with Crippen LogP contribution in [0.2, 0.25) is 0 Å². The Morgan fingerprint density at radius 3 is 3.00 bits per heavy atom. The summed E-state index contributed by atoms with van der Waals surface area (Å²) in [5.41, 5.74) is 2.32. The lowest BCUT2D eigenvalue weighted by atomic mass is 10.0. The molecule has 1 aliphatic heterocycles. The van der Waals surface area contributed by atoms with Gasteiger partial charge < -0.3 is 15.2 Å². The molecule has 0 unspecified atom stereocenters. The molecule has 2 rings (SSSR count). The molecule has 4 nitrogen and oxygen atoms in total. The highest BCUT2D eigenvalue weighted by atomic mass is 16.6. The Morgan fingerprint density at radius 2 is 2.44 bits per heavy atom. The highest BCUT2D eigenvalue weighted by Crippen LogP contribution is 2.18. The van der Waals surface area contributed by atoms with E-state index >= 15 is 0 Å². The van der Waals surface area contributed by atoms with Crippen LogP contribution in [0.25, 0.3) is 0 Å². The first-order valence-electron chi connectivity index (χ1n) is 5.32. The first-order valence-corrected chi connectivity index (χ1v) is 5.32. The van der Waals surface area contributed by atoms with Crippen LogP contribution in [-0.4, -0.2) is 30.0 Å². The summed E-state index contributed by atoms with van der Waals surface area (Å²) < 4.78 is 5.15. The van der Waals surface area contributed by atoms with Crippen molar-refractivity contribution in [2.45, 2.75) is 25.5 Å². The molecule has 0 bridgehead atoms. The van der Waals surface area contributed by atoms with Gasteiger partial charge in [-0.2, -0.15) is 0 Å². The van der Waals surface area contributed by atoms with Crippen LogP contribution in [0.4, 0.5) is 4.79 Å². The van der Waals surface area contributed by atoms with Gasteiger partial charge in [-0.15, -0.1) is 0 Å². The highest BCUT2D eigenvalue weighted by Gasteiger charge is 2.33. The van der Waals surface area contributed by atoms with Gasteiger partial charge in [-0.3, -0.25) is 0 Å². The summed E-state index contributed by atoms with van der Waals surface area (Å²) in [4.78, 5) is 10.6. The number of aryl methyl sites for hydroxylation is 1. The van der Waals surface area contributed by atoms with Crippen LogP contribution in [0.15, 0.2) is 24.3 Å². The van der Waals surface area contributed by atoms with Crippen molar-refractivity contribution in [3.05, 3.63) is 35.4 Å². The summed E-state index contributed by atoms with van der Waals surface area (Å²) in [5, 5.41) is 11.2. The lowest BCUT2D eigenvalue weighted by molar-refractivity contribution is 0.186. The van der Waals surface area contributed by atoms with Crippen molar-refractivity contribution >= 4 is 6.09 Å². The Labute approximate surface area is 94.2 Å². The van der Waals surface area contributed by atoms with Crippen LogP contribution < -0.4 is 5.32 Å². The maximum absolute atomic E-state index is 10.6. The average Bonchev–Trinajstić information content (AvgIpc) is 2.99. The monoisotopic (exact) mass is 221 g/mol. The minimum Gasteiger partial charge on any atom is -0.465 e. The second-order valence-corrected chi connectivity index (χ2v) is 4.12. The predicted molar refractivity (Wildman–Crippen MR) is 59.6 cm³/mol. The van der Waals surface area contributed by atoms with E-state index in [2.05, 4.69) is 11.4 Å². The van der Waals surface area contributed by atoms with E-state index in [4.69, 9.17) is 9.84 Å². The third kappa shape index (κ3) is 2.97. The van der Waals surface area contributed by atoms with Crippen LogP contribution >= 0.6 is 0 Å². The van der Waals surface area contributed by atoms with E-state index in [1.165, 1.54) is 5.56 Å². The summed E-state index contributed by atoms with van der Waals surface area (Å²) in [6, 6.07) is 7.94. The van der Waals surface area contributed by atoms with E-state index in [-0.39, 0.29) is 12.1 Å². The first-order chi connectivity index (χ1) is 7.65. The lowest BCUT2D eigenvalue weighted by Gasteiger charge is -2.14. The third-order valence-corrected chi connectivity index (χ3v) is 2.65. The molecule has 86 valence electrons. The number of ether oxygens (including phenoxy) is 1. The Bertz CT molecular complexity index is 388. The number of amides is 1. The maximum Gasteiger partial charge on any atom is 0.404 e. The zero-order chi connectivity index (χ0) is 11.5. The van der Waals surface area contributed by atoms with Crippen molar-refractivity contribution in [2.24, 2.45) is 0 Å². The molecule has 1 aromatic rings. The fraction of sp³-hybridized carbons (Fsp3) is 0.417. The molecular weight excluding hydrogens is 206 g/mol. The molecule has 1 heterocycles. The molecule has 16 heavy (non-hydrogen) atoms. The van der Waals surface area contributed by atoms with E-state index < -0.39 is 6.09 Å². The topological polar surface area (TPSA) is 61.9 Å². The van der Waals surface area contributed by atoms with E-state index in [1.807, 2.05) is 25.1 Å². The molecule has 1 aliphatic rings. The van der Waals surface area contributed by atoms with Gasteiger partial charge in [0.15, 0.2) is 0 Å². The van der Waals surface area contributed by atoms with E-state index in [0.717, 1.165) is 5.56 Å². The molecule has 0 saturated carbocycles. The zero-order valence-electron chi connectivity index (χ0n) is 9.14. The molecular formula is C12H15NO3. The minimum atomic E-state index is -0.992. The van der Waals surface area contributed by atoms with Crippen LogP contribution in [0.1, 0.15) is 11.1 Å². The van der Waals surface area contributed by atoms with Gasteiger partial charge in [0.2, 0.25) is 0 Å². The number of rotatable bonds is 4. The van der Waals surface area contributed by atoms with Crippen molar-refractivity contribution in [1.29, 1.82) is 0 Å². The number of hydrogen-bond donors (Lipinski definition) is 2. The molecule has 0 spiro atoms. The predicted octanol–water partition coefficient (Wildman–Crippen LogP) is 1.57. The fourth-order valence-electron chi connectivity index (χ4n) is 1.81. The van der Waals surface area contributed by atoms with Gasteiger partial charge >= 0.3 is 6.09 Å². The summed E-state index contributed by atoms with van der Waals surface area (Å²) in [7, 11) is 0. The standard InChI is InChI=1S/C12H15NO3/c1-8-3-2-4-9(5-8)6-10(11-7-16-11)13-12(14)15/h2-5,10-11,13H,6-7H2,1H3,(H,14,15)/t10-,11+/m0/s1. The molecule has 1 amide bonds. The van der Waals surface area contributed by atoms with Crippen molar-refractivity contribution in [1.82, 2.24) is 5.32 Å². The summed E-state index contributed by atoms with van der Waals surface area (Å²) in [6.07, 6.45) is -0.275. The number of epoxide rings is 1. The van der Waals surface area contributed by atoms with Crippen LogP contribution in [0.3, 0.4) is 0 Å². The second kappa shape index (κ2) is 4.53. The van der Waals surface area contributed by atoms with Gasteiger partial charge in [-0.25, -0.2) is 4.79 Å². The Kier molecular flexibility index (Phi) is 3.10. The van der Waals surface area contributed by atoms with Gasteiger partial charge in [-0.1, -0.05) is 29.8 Å².